The van der Waals surface area contributed by atoms with E-state index in [1.807, 2.05) is 0 Å². The van der Waals surface area contributed by atoms with Gasteiger partial charge in [0.1, 0.15) is 11.5 Å². The van der Waals surface area contributed by atoms with Crippen molar-refractivity contribution in [3.05, 3.63) is 54.1 Å². The minimum absolute atomic E-state index is 0.178. The van der Waals surface area contributed by atoms with E-state index in [1.165, 1.54) is 0 Å². The van der Waals surface area contributed by atoms with Crippen molar-refractivity contribution < 1.29 is 9.53 Å². The second kappa shape index (κ2) is 6.19. The fraction of sp³-hybridized carbons (Fsp3) is 0.176. The van der Waals surface area contributed by atoms with Gasteiger partial charge in [-0.1, -0.05) is 0 Å². The lowest BCUT2D eigenvalue weighted by molar-refractivity contribution is 0.251. The second-order valence-electron chi connectivity index (χ2n) is 5.14. The Kier molecular flexibility index (Phi) is 3.92. The molecule has 1 aliphatic rings. The largest absolute Gasteiger partial charge is 0.457 e. The van der Waals surface area contributed by atoms with Crippen molar-refractivity contribution in [1.82, 2.24) is 5.32 Å². The maximum Gasteiger partial charge on any atom is 0.319 e. The zero-order valence-corrected chi connectivity index (χ0v) is 11.9. The first kappa shape index (κ1) is 14.0. The summed E-state index contributed by atoms with van der Waals surface area (Å²) in [5, 5.41) is 14.4. The summed E-state index contributed by atoms with van der Waals surface area (Å²) in [6.45, 7) is 0. The Labute approximate surface area is 128 Å². The maximum absolute atomic E-state index is 11.6. The first-order valence-corrected chi connectivity index (χ1v) is 7.08. The lowest BCUT2D eigenvalue weighted by atomic mass is 10.2. The van der Waals surface area contributed by atoms with Crippen molar-refractivity contribution in [2.75, 3.05) is 5.32 Å². The van der Waals surface area contributed by atoms with E-state index >= 15 is 0 Å². The molecular formula is C17H15N3O2. The number of urea groups is 1. The Hall–Kier alpha value is -3.00. The minimum Gasteiger partial charge on any atom is -0.457 e. The number of hydrogen-bond acceptors (Lipinski definition) is 3. The van der Waals surface area contributed by atoms with E-state index in [2.05, 4.69) is 16.7 Å². The van der Waals surface area contributed by atoms with E-state index in [-0.39, 0.29) is 6.03 Å². The fourth-order valence-corrected chi connectivity index (χ4v) is 1.92. The molecule has 2 aromatic rings. The van der Waals surface area contributed by atoms with Gasteiger partial charge in [-0.15, -0.1) is 0 Å². The van der Waals surface area contributed by atoms with Gasteiger partial charge in [-0.3, -0.25) is 0 Å². The number of nitrogens with one attached hydrogen (secondary N) is 2. The van der Waals surface area contributed by atoms with Crippen LogP contribution in [0.4, 0.5) is 10.5 Å². The van der Waals surface area contributed by atoms with Crippen LogP contribution in [-0.4, -0.2) is 12.1 Å². The van der Waals surface area contributed by atoms with Gasteiger partial charge in [0.2, 0.25) is 0 Å². The molecule has 1 fully saturated rings. The lowest BCUT2D eigenvalue weighted by Gasteiger charge is -2.08. The second-order valence-corrected chi connectivity index (χ2v) is 5.14. The summed E-state index contributed by atoms with van der Waals surface area (Å²) in [4.78, 5) is 11.6. The third kappa shape index (κ3) is 3.76. The highest BCUT2D eigenvalue weighted by atomic mass is 16.5. The summed E-state index contributed by atoms with van der Waals surface area (Å²) in [6.07, 6.45) is 2.12. The van der Waals surface area contributed by atoms with E-state index < -0.39 is 0 Å². The SMILES string of the molecule is N#Cc1ccc(Oc2ccc(NC(=O)NC3CC3)cc2)cc1. The average Bonchev–Trinajstić information content (AvgIpc) is 3.34. The molecule has 1 saturated carbocycles. The zero-order valence-electron chi connectivity index (χ0n) is 11.9. The van der Waals surface area contributed by atoms with Crippen molar-refractivity contribution >= 4 is 11.7 Å². The van der Waals surface area contributed by atoms with E-state index in [9.17, 15) is 4.79 Å². The number of rotatable bonds is 4. The molecule has 2 N–H and O–H groups in total. The summed E-state index contributed by atoms with van der Waals surface area (Å²) in [5.74, 6) is 1.32. The van der Waals surface area contributed by atoms with Gasteiger partial charge in [-0.25, -0.2) is 4.79 Å². The van der Waals surface area contributed by atoms with Crippen LogP contribution in [0.1, 0.15) is 18.4 Å². The van der Waals surface area contributed by atoms with Gasteiger partial charge in [0.25, 0.3) is 0 Å². The molecule has 0 unspecified atom stereocenters. The van der Waals surface area contributed by atoms with E-state index in [0.717, 1.165) is 12.8 Å². The molecular weight excluding hydrogens is 278 g/mol. The Bertz CT molecular complexity index is 698. The summed E-state index contributed by atoms with van der Waals surface area (Å²) < 4.78 is 5.67. The number of anilines is 1. The number of amides is 2. The van der Waals surface area contributed by atoms with Crippen LogP contribution in [0.5, 0.6) is 11.5 Å². The summed E-state index contributed by atoms with van der Waals surface area (Å²) in [6, 6.07) is 16.2. The zero-order chi connectivity index (χ0) is 15.4. The molecule has 2 aromatic carbocycles. The number of nitrogens with zero attached hydrogens (tertiary/aromatic N) is 1. The van der Waals surface area contributed by atoms with E-state index in [4.69, 9.17) is 10.00 Å². The van der Waals surface area contributed by atoms with E-state index in [1.54, 1.807) is 48.5 Å². The van der Waals surface area contributed by atoms with Crippen LogP contribution in [0.2, 0.25) is 0 Å². The molecule has 0 radical (unpaired) electrons. The number of ether oxygens (including phenoxy) is 1. The van der Waals surface area contributed by atoms with Gasteiger partial charge in [0.15, 0.2) is 0 Å². The summed E-state index contributed by atoms with van der Waals surface area (Å²) in [5.41, 5.74) is 1.30. The van der Waals surface area contributed by atoms with Gasteiger partial charge in [-0.05, 0) is 61.4 Å². The quantitative estimate of drug-likeness (QED) is 0.903. The van der Waals surface area contributed by atoms with Gasteiger partial charge >= 0.3 is 6.03 Å². The number of hydrogen-bond donors (Lipinski definition) is 2. The summed E-state index contributed by atoms with van der Waals surface area (Å²) >= 11 is 0. The molecule has 0 aliphatic heterocycles. The third-order valence-electron chi connectivity index (χ3n) is 3.24. The highest BCUT2D eigenvalue weighted by Crippen LogP contribution is 2.23. The van der Waals surface area contributed by atoms with Crippen LogP contribution in [-0.2, 0) is 0 Å². The monoisotopic (exact) mass is 293 g/mol. The van der Waals surface area contributed by atoms with Crippen molar-refractivity contribution in [2.45, 2.75) is 18.9 Å². The van der Waals surface area contributed by atoms with Crippen LogP contribution in [0, 0.1) is 11.3 Å². The van der Waals surface area contributed by atoms with Crippen LogP contribution in [0.3, 0.4) is 0 Å². The Morgan fingerprint density at radius 2 is 1.64 bits per heavy atom. The van der Waals surface area contributed by atoms with Crippen LogP contribution < -0.4 is 15.4 Å². The molecule has 0 spiro atoms. The smallest absolute Gasteiger partial charge is 0.319 e. The fourth-order valence-electron chi connectivity index (χ4n) is 1.92. The molecule has 0 saturated heterocycles. The molecule has 0 heterocycles. The molecule has 3 rings (SSSR count). The Balaban J connectivity index is 1.58. The Morgan fingerprint density at radius 3 is 2.18 bits per heavy atom. The van der Waals surface area contributed by atoms with Crippen molar-refractivity contribution in [3.63, 3.8) is 0 Å². The van der Waals surface area contributed by atoms with Gasteiger partial charge < -0.3 is 15.4 Å². The molecule has 1 aliphatic carbocycles. The number of nitriles is 1. The van der Waals surface area contributed by atoms with Crippen molar-refractivity contribution in [3.8, 4) is 17.6 Å². The topological polar surface area (TPSA) is 74.1 Å². The molecule has 0 aromatic heterocycles. The highest BCUT2D eigenvalue weighted by Gasteiger charge is 2.23. The van der Waals surface area contributed by atoms with Gasteiger partial charge in [0.05, 0.1) is 11.6 Å². The van der Waals surface area contributed by atoms with Gasteiger partial charge in [0, 0.05) is 11.7 Å². The predicted molar refractivity (Wildman–Crippen MR) is 82.8 cm³/mol. The number of carbonyl (C=O) groups is 1. The number of carbonyl (C=O) groups excluding carboxylic acids is 1. The first-order valence-electron chi connectivity index (χ1n) is 7.08. The normalized spacial score (nSPS) is 13.0. The first-order chi connectivity index (χ1) is 10.7. The minimum atomic E-state index is -0.178. The van der Waals surface area contributed by atoms with E-state index in [0.29, 0.717) is 28.8 Å². The van der Waals surface area contributed by atoms with Crippen molar-refractivity contribution in [2.24, 2.45) is 0 Å². The lowest BCUT2D eigenvalue weighted by Crippen LogP contribution is -2.30. The predicted octanol–water partition coefficient (Wildman–Crippen LogP) is 3.63. The van der Waals surface area contributed by atoms with Gasteiger partial charge in [-0.2, -0.15) is 5.26 Å². The maximum atomic E-state index is 11.6. The molecule has 5 nitrogen and oxygen atoms in total. The highest BCUT2D eigenvalue weighted by molar-refractivity contribution is 5.89. The molecule has 0 bridgehead atoms. The van der Waals surface area contributed by atoms with Crippen LogP contribution >= 0.6 is 0 Å². The Morgan fingerprint density at radius 1 is 1.05 bits per heavy atom. The molecule has 5 heteroatoms. The summed E-state index contributed by atoms with van der Waals surface area (Å²) in [7, 11) is 0. The molecule has 110 valence electrons. The molecule has 2 amide bonds. The average molecular weight is 293 g/mol. The van der Waals surface area contributed by atoms with Crippen molar-refractivity contribution in [1.29, 1.82) is 5.26 Å². The molecule has 22 heavy (non-hydrogen) atoms. The number of benzene rings is 2. The third-order valence-corrected chi connectivity index (χ3v) is 3.24. The van der Waals surface area contributed by atoms with Crippen LogP contribution in [0.25, 0.3) is 0 Å². The standard InChI is InChI=1S/C17H15N3O2/c18-11-12-1-7-15(8-2-12)22-16-9-5-14(6-10-16)20-17(21)19-13-3-4-13/h1-2,5-10,13H,3-4H2,(H2,19,20,21). The molecule has 0 atom stereocenters. The van der Waals surface area contributed by atoms with Crippen LogP contribution in [0.15, 0.2) is 48.5 Å².